The van der Waals surface area contributed by atoms with Crippen molar-refractivity contribution in [3.05, 3.63) is 125 Å². The SMILES string of the molecule is COc1ccnc(-c2[c-]ccc(OCN)c2)c1.Cc1nn(-c2ccccn2)c(C)c1C.Cc1nn(-c2ccccn2)c(C)c1C.[Os+]. The minimum absolute atomic E-state index is 0. The van der Waals surface area contributed by atoms with Gasteiger partial charge in [0.25, 0.3) is 0 Å². The Balaban J connectivity index is 0.000000187. The number of hydrogen-bond donors (Lipinski definition) is 1. The van der Waals surface area contributed by atoms with E-state index in [4.69, 9.17) is 15.2 Å². The molecule has 0 unspecified atom stereocenters. The van der Waals surface area contributed by atoms with Gasteiger partial charge in [0.05, 0.1) is 18.5 Å². The zero-order valence-electron chi connectivity index (χ0n) is 27.2. The summed E-state index contributed by atoms with van der Waals surface area (Å²) < 4.78 is 14.1. The molecule has 0 amide bonds. The molecule has 0 bridgehead atoms. The van der Waals surface area contributed by atoms with E-state index in [-0.39, 0.29) is 26.5 Å². The predicted octanol–water partition coefficient (Wildman–Crippen LogP) is 6.24. The topological polar surface area (TPSA) is 119 Å². The van der Waals surface area contributed by atoms with Crippen molar-refractivity contribution in [2.75, 3.05) is 13.8 Å². The summed E-state index contributed by atoms with van der Waals surface area (Å²) in [5.41, 5.74) is 13.9. The Bertz CT molecular complexity index is 1730. The second kappa shape index (κ2) is 17.1. The van der Waals surface area contributed by atoms with Gasteiger partial charge in [0.1, 0.15) is 12.5 Å². The standard InChI is InChI=1S/C13H13N2O2.2C11H13N3.Os/c1-16-11-5-6-15-13(8-11)10-3-2-4-12(7-10)17-9-14;2*1-8-9(2)13-14(10(8)3)11-6-4-5-7-12-11;/h2,4-8H,9,14H2,1H3;2*4-7H,1-3H3;/q-1;;;+1. The maximum absolute atomic E-state index is 5.33. The van der Waals surface area contributed by atoms with Crippen molar-refractivity contribution >= 4 is 0 Å². The van der Waals surface area contributed by atoms with Gasteiger partial charge in [-0.15, -0.1) is 29.8 Å². The molecule has 0 aliphatic rings. The summed E-state index contributed by atoms with van der Waals surface area (Å²) in [6.45, 7) is 12.5. The Morgan fingerprint density at radius 3 is 1.70 bits per heavy atom. The van der Waals surface area contributed by atoms with Crippen molar-refractivity contribution < 1.29 is 29.3 Å². The van der Waals surface area contributed by atoms with Gasteiger partial charge in [-0.05, 0) is 94.8 Å². The van der Waals surface area contributed by atoms with E-state index in [0.717, 1.165) is 51.4 Å². The van der Waals surface area contributed by atoms with Crippen LogP contribution in [-0.2, 0) is 19.8 Å². The summed E-state index contributed by atoms with van der Waals surface area (Å²) in [7, 11) is 1.62. The third-order valence-electron chi connectivity index (χ3n) is 7.30. The molecule has 0 saturated heterocycles. The van der Waals surface area contributed by atoms with Gasteiger partial charge in [0, 0.05) is 35.7 Å². The first-order valence-corrected chi connectivity index (χ1v) is 14.5. The molecule has 0 aliphatic heterocycles. The third-order valence-corrected chi connectivity index (χ3v) is 7.30. The molecule has 1 radical (unpaired) electrons. The number of pyridine rings is 3. The van der Waals surface area contributed by atoms with Crippen LogP contribution in [0.1, 0.15) is 33.9 Å². The Labute approximate surface area is 283 Å². The molecule has 1 aromatic carbocycles. The van der Waals surface area contributed by atoms with Crippen molar-refractivity contribution in [1.82, 2.24) is 34.5 Å². The molecule has 2 N–H and O–H groups in total. The van der Waals surface area contributed by atoms with E-state index in [2.05, 4.69) is 58.9 Å². The van der Waals surface area contributed by atoms with Gasteiger partial charge in [-0.3, -0.25) is 5.73 Å². The maximum atomic E-state index is 5.33. The van der Waals surface area contributed by atoms with E-state index in [1.54, 1.807) is 43.9 Å². The van der Waals surface area contributed by atoms with Crippen LogP contribution in [-0.4, -0.2) is 48.4 Å². The molecule has 0 atom stereocenters. The summed E-state index contributed by atoms with van der Waals surface area (Å²) in [6.07, 6.45) is 5.25. The summed E-state index contributed by atoms with van der Waals surface area (Å²) in [5.74, 6) is 3.21. The zero-order valence-corrected chi connectivity index (χ0v) is 29.7. The number of aromatic nitrogens is 7. The number of methoxy groups -OCH3 is 1. The minimum Gasteiger partial charge on any atom is -0.498 e. The molecule has 46 heavy (non-hydrogen) atoms. The van der Waals surface area contributed by atoms with Crippen LogP contribution in [0.3, 0.4) is 0 Å². The van der Waals surface area contributed by atoms with Crippen LogP contribution >= 0.6 is 0 Å². The number of ether oxygens (including phenoxy) is 2. The number of aryl methyl sites for hydroxylation is 2. The molecule has 6 aromatic rings. The van der Waals surface area contributed by atoms with E-state index in [1.165, 1.54) is 11.1 Å². The van der Waals surface area contributed by atoms with E-state index < -0.39 is 0 Å². The first kappa shape index (κ1) is 35.8. The summed E-state index contributed by atoms with van der Waals surface area (Å²) in [6, 6.07) is 23.8. The molecule has 0 aliphatic carbocycles. The second-order valence-electron chi connectivity index (χ2n) is 10.1. The van der Waals surface area contributed by atoms with Crippen LogP contribution in [0.5, 0.6) is 11.5 Å². The van der Waals surface area contributed by atoms with Crippen LogP contribution in [0.25, 0.3) is 22.9 Å². The molecule has 5 heterocycles. The molecule has 0 fully saturated rings. The zero-order chi connectivity index (χ0) is 32.3. The van der Waals surface area contributed by atoms with Crippen LogP contribution < -0.4 is 15.2 Å². The average Bonchev–Trinajstić information content (AvgIpc) is 3.50. The Morgan fingerprint density at radius 2 is 1.26 bits per heavy atom. The van der Waals surface area contributed by atoms with Crippen LogP contribution in [0.4, 0.5) is 0 Å². The first-order valence-electron chi connectivity index (χ1n) is 14.5. The summed E-state index contributed by atoms with van der Waals surface area (Å²) in [4.78, 5) is 12.8. The summed E-state index contributed by atoms with van der Waals surface area (Å²) in [5, 5.41) is 8.87. The van der Waals surface area contributed by atoms with Gasteiger partial charge in [0.2, 0.25) is 0 Å². The molecule has 6 rings (SSSR count). The van der Waals surface area contributed by atoms with Crippen molar-refractivity contribution in [3.63, 3.8) is 0 Å². The Hall–Kier alpha value is -4.71. The molecular weight excluding hydrogens is 755 g/mol. The minimum atomic E-state index is 0. The Morgan fingerprint density at radius 1 is 0.696 bits per heavy atom. The number of nitrogens with two attached hydrogens (primary N) is 1. The molecule has 0 saturated carbocycles. The average molecular weight is 794 g/mol. The largest absolute Gasteiger partial charge is 1.00 e. The smallest absolute Gasteiger partial charge is 0.498 e. The van der Waals surface area contributed by atoms with Crippen molar-refractivity contribution in [2.45, 2.75) is 41.5 Å². The van der Waals surface area contributed by atoms with E-state index in [9.17, 15) is 0 Å². The van der Waals surface area contributed by atoms with Crippen molar-refractivity contribution in [1.29, 1.82) is 0 Å². The van der Waals surface area contributed by atoms with Gasteiger partial charge < -0.3 is 14.5 Å². The fourth-order valence-corrected chi connectivity index (χ4v) is 4.31. The Kier molecular flexibility index (Phi) is 13.3. The quantitative estimate of drug-likeness (QED) is 0.156. The number of benzene rings is 1. The predicted molar refractivity (Wildman–Crippen MR) is 176 cm³/mol. The van der Waals surface area contributed by atoms with Crippen molar-refractivity contribution in [3.8, 4) is 34.4 Å². The molecule has 239 valence electrons. The normalized spacial score (nSPS) is 10.1. The van der Waals surface area contributed by atoms with Gasteiger partial charge >= 0.3 is 19.8 Å². The van der Waals surface area contributed by atoms with Crippen LogP contribution in [0, 0.1) is 47.6 Å². The number of rotatable bonds is 6. The third kappa shape index (κ3) is 8.93. The van der Waals surface area contributed by atoms with Crippen LogP contribution in [0.2, 0.25) is 0 Å². The van der Waals surface area contributed by atoms with E-state index in [0.29, 0.717) is 5.75 Å². The maximum Gasteiger partial charge on any atom is 1.00 e. The van der Waals surface area contributed by atoms with Gasteiger partial charge in [-0.1, -0.05) is 12.1 Å². The number of nitrogens with zero attached hydrogens (tertiary/aromatic N) is 7. The van der Waals surface area contributed by atoms with E-state index >= 15 is 0 Å². The molecular formula is C35H39N8O2Os. The monoisotopic (exact) mass is 795 g/mol. The molecule has 5 aromatic heterocycles. The second-order valence-corrected chi connectivity index (χ2v) is 10.1. The van der Waals surface area contributed by atoms with Crippen molar-refractivity contribution in [2.24, 2.45) is 5.73 Å². The van der Waals surface area contributed by atoms with Gasteiger partial charge in [-0.2, -0.15) is 10.2 Å². The van der Waals surface area contributed by atoms with Gasteiger partial charge in [-0.25, -0.2) is 19.3 Å². The number of hydrogen-bond acceptors (Lipinski definition) is 8. The fourth-order valence-electron chi connectivity index (χ4n) is 4.31. The summed E-state index contributed by atoms with van der Waals surface area (Å²) >= 11 is 0. The van der Waals surface area contributed by atoms with E-state index in [1.807, 2.05) is 71.7 Å². The fraction of sp³-hybridized carbons (Fsp3) is 0.229. The molecule has 10 nitrogen and oxygen atoms in total. The molecule has 0 spiro atoms. The molecule has 11 heteroatoms. The van der Waals surface area contributed by atoms with Gasteiger partial charge in [0.15, 0.2) is 11.6 Å². The first-order chi connectivity index (χ1) is 21.7. The van der Waals surface area contributed by atoms with Crippen LogP contribution in [0.15, 0.2) is 85.3 Å².